The third kappa shape index (κ3) is 5.29. The Hall–Kier alpha value is -3.47. The average Bonchev–Trinajstić information content (AvgIpc) is 3.40. The molecule has 11 heteroatoms. The number of halogens is 2. The first-order chi connectivity index (χ1) is 16.5. The van der Waals surface area contributed by atoms with Gasteiger partial charge < -0.3 is 14.5 Å². The summed E-state index contributed by atoms with van der Waals surface area (Å²) < 4.78 is 40.5. The molecule has 1 atom stereocenters. The van der Waals surface area contributed by atoms with Gasteiger partial charge in [0.25, 0.3) is 5.91 Å². The number of ketones is 1. The van der Waals surface area contributed by atoms with Crippen molar-refractivity contribution < 1.29 is 27.5 Å². The van der Waals surface area contributed by atoms with E-state index in [2.05, 4.69) is 20.6 Å². The molecule has 0 unspecified atom stereocenters. The van der Waals surface area contributed by atoms with E-state index in [-0.39, 0.29) is 36.6 Å². The lowest BCUT2D eigenvalue weighted by Gasteiger charge is -2.30. The fourth-order valence-electron chi connectivity index (χ4n) is 4.06. The van der Waals surface area contributed by atoms with E-state index in [4.69, 9.17) is 9.15 Å². The van der Waals surface area contributed by atoms with E-state index in [0.717, 1.165) is 18.2 Å². The van der Waals surface area contributed by atoms with Crippen LogP contribution in [-0.2, 0) is 29.0 Å². The number of aromatic nitrogens is 4. The molecule has 0 bridgehead atoms. The Morgan fingerprint density at radius 1 is 1.23 bits per heavy atom. The van der Waals surface area contributed by atoms with Gasteiger partial charge in [-0.1, -0.05) is 20.8 Å². The van der Waals surface area contributed by atoms with Gasteiger partial charge in [-0.25, -0.2) is 13.5 Å². The molecule has 186 valence electrons. The number of carbonyl (C=O) groups excluding carboxylic acids is 2. The largest absolute Gasteiger partial charge is 0.426 e. The maximum absolute atomic E-state index is 14.5. The third-order valence-electron chi connectivity index (χ3n) is 5.79. The minimum Gasteiger partial charge on any atom is -0.426 e. The molecule has 1 aliphatic heterocycles. The van der Waals surface area contributed by atoms with Crippen LogP contribution in [0.2, 0.25) is 0 Å². The number of rotatable bonds is 7. The first-order valence-electron chi connectivity index (χ1n) is 11.3. The van der Waals surface area contributed by atoms with Crippen LogP contribution in [0.1, 0.15) is 60.7 Å². The summed E-state index contributed by atoms with van der Waals surface area (Å²) in [5, 5.41) is 14.8. The third-order valence-corrected chi connectivity index (χ3v) is 5.79. The monoisotopic (exact) mass is 487 g/mol. The second-order valence-corrected chi connectivity index (χ2v) is 9.54. The number of amides is 1. The number of ether oxygens (including phenoxy) is 1. The highest BCUT2D eigenvalue weighted by Crippen LogP contribution is 2.27. The van der Waals surface area contributed by atoms with Crippen LogP contribution in [0.5, 0.6) is 0 Å². The van der Waals surface area contributed by atoms with Crippen LogP contribution in [0.15, 0.2) is 22.6 Å². The summed E-state index contributed by atoms with van der Waals surface area (Å²) in [6, 6.07) is 2.22. The zero-order valence-electron chi connectivity index (χ0n) is 20.0. The lowest BCUT2D eigenvalue weighted by molar-refractivity contribution is -0.123. The number of benzene rings is 1. The fraction of sp³-hybridized carbons (Fsp3) is 0.458. The number of Topliss-reactive ketones (excluding diaryl/α,β-unsaturated/α-hetero) is 1. The van der Waals surface area contributed by atoms with E-state index in [1.165, 1.54) is 4.68 Å². The van der Waals surface area contributed by atoms with E-state index in [9.17, 15) is 18.4 Å². The van der Waals surface area contributed by atoms with Crippen molar-refractivity contribution in [3.05, 3.63) is 58.6 Å². The van der Waals surface area contributed by atoms with Crippen molar-refractivity contribution >= 4 is 11.7 Å². The van der Waals surface area contributed by atoms with Gasteiger partial charge >= 0.3 is 0 Å². The molecule has 3 heterocycles. The van der Waals surface area contributed by atoms with Gasteiger partial charge in [0.15, 0.2) is 11.5 Å². The summed E-state index contributed by atoms with van der Waals surface area (Å²) in [5.74, 6) is -1.35. The lowest BCUT2D eigenvalue weighted by atomic mass is 9.82. The summed E-state index contributed by atoms with van der Waals surface area (Å²) in [7, 11) is 0. The summed E-state index contributed by atoms with van der Waals surface area (Å²) in [6.07, 6.45) is 0.712. The average molecular weight is 488 g/mol. The molecule has 0 spiro atoms. The highest BCUT2D eigenvalue weighted by Gasteiger charge is 2.35. The summed E-state index contributed by atoms with van der Waals surface area (Å²) in [5.41, 5.74) is 0.360. The molecule has 0 fully saturated rings. The SMILES string of the molecule is Cc1nnc(CCC(=O)[C@@H](NC(=O)c2nn(-c3cc(F)ccc3F)c3c2COCC3)C(C)(C)C)o1. The highest BCUT2D eigenvalue weighted by atomic mass is 19.1. The van der Waals surface area contributed by atoms with Gasteiger partial charge in [-0.3, -0.25) is 9.59 Å². The van der Waals surface area contributed by atoms with Crippen molar-refractivity contribution in [3.8, 4) is 5.69 Å². The van der Waals surface area contributed by atoms with Crippen molar-refractivity contribution in [2.75, 3.05) is 6.61 Å². The Labute approximate surface area is 200 Å². The molecule has 0 radical (unpaired) electrons. The number of aryl methyl sites for hydroxylation is 2. The number of nitrogens with zero attached hydrogens (tertiary/aromatic N) is 4. The van der Waals surface area contributed by atoms with Gasteiger partial charge in [0.2, 0.25) is 11.8 Å². The lowest BCUT2D eigenvalue weighted by Crippen LogP contribution is -2.49. The Morgan fingerprint density at radius 3 is 2.69 bits per heavy atom. The van der Waals surface area contributed by atoms with Crippen LogP contribution in [0, 0.1) is 24.0 Å². The Morgan fingerprint density at radius 2 is 2.00 bits per heavy atom. The first-order valence-corrected chi connectivity index (χ1v) is 11.3. The number of carbonyl (C=O) groups is 2. The van der Waals surface area contributed by atoms with Crippen LogP contribution >= 0.6 is 0 Å². The van der Waals surface area contributed by atoms with E-state index in [1.807, 2.05) is 20.8 Å². The van der Waals surface area contributed by atoms with Crippen molar-refractivity contribution in [3.63, 3.8) is 0 Å². The van der Waals surface area contributed by atoms with Gasteiger partial charge in [0.1, 0.15) is 17.3 Å². The summed E-state index contributed by atoms with van der Waals surface area (Å²) in [4.78, 5) is 26.4. The zero-order chi connectivity index (χ0) is 25.3. The Kier molecular flexibility index (Phi) is 6.79. The molecule has 1 N–H and O–H groups in total. The van der Waals surface area contributed by atoms with Crippen molar-refractivity contribution in [2.45, 2.75) is 59.6 Å². The van der Waals surface area contributed by atoms with Crippen molar-refractivity contribution in [1.29, 1.82) is 0 Å². The van der Waals surface area contributed by atoms with E-state index < -0.39 is 29.0 Å². The van der Waals surface area contributed by atoms with Crippen LogP contribution < -0.4 is 5.32 Å². The molecule has 3 aromatic rings. The minimum atomic E-state index is -0.838. The summed E-state index contributed by atoms with van der Waals surface area (Å²) >= 11 is 0. The number of nitrogens with one attached hydrogen (secondary N) is 1. The molecular formula is C24H27F2N5O4. The van der Waals surface area contributed by atoms with Gasteiger partial charge in [0.05, 0.1) is 24.9 Å². The second-order valence-electron chi connectivity index (χ2n) is 9.54. The number of fused-ring (bicyclic) bond motifs is 1. The molecule has 35 heavy (non-hydrogen) atoms. The predicted octanol–water partition coefficient (Wildman–Crippen LogP) is 3.26. The molecule has 0 aliphatic carbocycles. The number of hydrogen-bond acceptors (Lipinski definition) is 7. The maximum atomic E-state index is 14.5. The van der Waals surface area contributed by atoms with Gasteiger partial charge in [-0.05, 0) is 17.5 Å². The minimum absolute atomic E-state index is 0.0120. The first kappa shape index (κ1) is 24.6. The quantitative estimate of drug-likeness (QED) is 0.544. The van der Waals surface area contributed by atoms with Gasteiger partial charge in [-0.15, -0.1) is 10.2 Å². The Bertz CT molecular complexity index is 1260. The molecule has 4 rings (SSSR count). The van der Waals surface area contributed by atoms with E-state index in [1.54, 1.807) is 6.92 Å². The second kappa shape index (κ2) is 9.65. The number of hydrogen-bond donors (Lipinski definition) is 1. The van der Waals surface area contributed by atoms with Crippen LogP contribution in [0.25, 0.3) is 5.69 Å². The smallest absolute Gasteiger partial charge is 0.272 e. The van der Waals surface area contributed by atoms with E-state index in [0.29, 0.717) is 36.1 Å². The van der Waals surface area contributed by atoms with E-state index >= 15 is 0 Å². The predicted molar refractivity (Wildman–Crippen MR) is 120 cm³/mol. The molecule has 9 nitrogen and oxygen atoms in total. The van der Waals surface area contributed by atoms with Crippen LogP contribution in [0.3, 0.4) is 0 Å². The van der Waals surface area contributed by atoms with Crippen molar-refractivity contribution in [1.82, 2.24) is 25.3 Å². The molecule has 2 aromatic heterocycles. The fourth-order valence-corrected chi connectivity index (χ4v) is 4.06. The highest BCUT2D eigenvalue weighted by molar-refractivity contribution is 5.98. The molecule has 0 saturated heterocycles. The topological polar surface area (TPSA) is 112 Å². The molecule has 1 aromatic carbocycles. The molecule has 0 saturated carbocycles. The van der Waals surface area contributed by atoms with Crippen LogP contribution in [-0.4, -0.2) is 44.3 Å². The normalized spacial score (nSPS) is 14.5. The summed E-state index contributed by atoms with van der Waals surface area (Å²) in [6.45, 7) is 7.63. The van der Waals surface area contributed by atoms with Crippen molar-refractivity contribution in [2.24, 2.45) is 5.41 Å². The van der Waals surface area contributed by atoms with Gasteiger partial charge in [0, 0.05) is 37.8 Å². The Balaban J connectivity index is 1.61. The molecular weight excluding hydrogens is 460 g/mol. The standard InChI is InChI=1S/C24H27F2N5O4/c1-13-28-29-20(35-13)8-7-19(32)22(24(2,3)4)27-23(33)21-15-12-34-10-9-17(15)31(30-21)18-11-14(25)5-6-16(18)26/h5-6,11,22H,7-10,12H2,1-4H3,(H,27,33)/t22-/m1/s1. The molecule has 1 amide bonds. The zero-order valence-corrected chi connectivity index (χ0v) is 20.0. The maximum Gasteiger partial charge on any atom is 0.272 e. The van der Waals surface area contributed by atoms with Crippen LogP contribution in [0.4, 0.5) is 8.78 Å². The van der Waals surface area contributed by atoms with Gasteiger partial charge in [-0.2, -0.15) is 5.10 Å². The molecule has 1 aliphatic rings.